The van der Waals surface area contributed by atoms with Crippen LogP contribution < -0.4 is 5.43 Å². The summed E-state index contributed by atoms with van der Waals surface area (Å²) in [6.45, 7) is 9.55. The van der Waals surface area contributed by atoms with Crippen LogP contribution in [0.2, 0.25) is 0 Å². The van der Waals surface area contributed by atoms with Gasteiger partial charge in [-0.2, -0.15) is 5.10 Å². The number of hydrogen-bond donors (Lipinski definition) is 1. The lowest BCUT2D eigenvalue weighted by molar-refractivity contribution is 0.0955. The lowest BCUT2D eigenvalue weighted by Gasteiger charge is -2.11. The maximum Gasteiger partial charge on any atom is 0.271 e. The maximum atomic E-state index is 12.0. The van der Waals surface area contributed by atoms with E-state index < -0.39 is 0 Å². The van der Waals surface area contributed by atoms with Crippen molar-refractivity contribution in [3.8, 4) is 0 Å². The van der Waals surface area contributed by atoms with E-state index in [1.54, 1.807) is 18.3 Å². The fourth-order valence-electron chi connectivity index (χ4n) is 2.43. The van der Waals surface area contributed by atoms with Gasteiger partial charge in [-0.25, -0.2) is 5.43 Å². The number of halogens is 1. The van der Waals surface area contributed by atoms with Crippen molar-refractivity contribution in [3.05, 3.63) is 57.3 Å². The largest absolute Gasteiger partial charge is 0.348 e. The quantitative estimate of drug-likeness (QED) is 0.614. The first-order valence-corrected chi connectivity index (χ1v) is 8.43. The van der Waals surface area contributed by atoms with Crippen molar-refractivity contribution in [2.45, 2.75) is 34.2 Å². The van der Waals surface area contributed by atoms with E-state index in [4.69, 9.17) is 0 Å². The molecule has 0 fully saturated rings. The molecule has 0 atom stereocenters. The monoisotopic (exact) mass is 375 g/mol. The number of aromatic nitrogens is 1. The van der Waals surface area contributed by atoms with E-state index in [1.165, 1.54) is 5.69 Å². The number of aryl methyl sites for hydroxylation is 1. The Morgan fingerprint density at radius 2 is 1.96 bits per heavy atom. The number of carbonyl (C=O) groups is 1. The Labute approximate surface area is 145 Å². The minimum atomic E-state index is -0.218. The standard InChI is InChI=1S/C18H22BrN3O/c1-12(2)11-22-13(3)9-16(14(22)4)10-20-21-18(23)15-5-7-17(19)8-6-15/h5-10,12H,11H2,1-4H3,(H,21,23). The molecule has 0 saturated carbocycles. The van der Waals surface area contributed by atoms with E-state index in [0.717, 1.165) is 22.3 Å². The minimum Gasteiger partial charge on any atom is -0.348 e. The fraction of sp³-hybridized carbons (Fsp3) is 0.333. The molecule has 0 radical (unpaired) electrons. The molecule has 0 aliphatic rings. The summed E-state index contributed by atoms with van der Waals surface area (Å²) in [5.74, 6) is 0.367. The summed E-state index contributed by atoms with van der Waals surface area (Å²) >= 11 is 3.35. The second-order valence-corrected chi connectivity index (χ2v) is 6.95. The van der Waals surface area contributed by atoms with Gasteiger partial charge in [0.2, 0.25) is 0 Å². The van der Waals surface area contributed by atoms with Crippen LogP contribution in [0.1, 0.15) is 41.2 Å². The van der Waals surface area contributed by atoms with Crippen LogP contribution in [0.25, 0.3) is 0 Å². The lowest BCUT2D eigenvalue weighted by Crippen LogP contribution is -2.17. The van der Waals surface area contributed by atoms with Crippen molar-refractivity contribution in [2.75, 3.05) is 0 Å². The number of carbonyl (C=O) groups excluding carboxylic acids is 1. The van der Waals surface area contributed by atoms with Gasteiger partial charge >= 0.3 is 0 Å². The van der Waals surface area contributed by atoms with Crippen molar-refractivity contribution in [1.82, 2.24) is 9.99 Å². The van der Waals surface area contributed by atoms with Gasteiger partial charge in [-0.15, -0.1) is 0 Å². The third kappa shape index (κ3) is 4.55. The molecular weight excluding hydrogens is 354 g/mol. The van der Waals surface area contributed by atoms with Crippen molar-refractivity contribution >= 4 is 28.1 Å². The Balaban J connectivity index is 2.06. The number of nitrogens with zero attached hydrogens (tertiary/aromatic N) is 2. The topological polar surface area (TPSA) is 46.4 Å². The van der Waals surface area contributed by atoms with E-state index in [0.29, 0.717) is 11.5 Å². The Morgan fingerprint density at radius 1 is 1.30 bits per heavy atom. The first-order valence-electron chi connectivity index (χ1n) is 7.64. The van der Waals surface area contributed by atoms with Crippen molar-refractivity contribution < 1.29 is 4.79 Å². The number of amides is 1. The molecule has 0 spiro atoms. The average Bonchev–Trinajstić information content (AvgIpc) is 2.75. The van der Waals surface area contributed by atoms with E-state index in [2.05, 4.69) is 64.8 Å². The highest BCUT2D eigenvalue weighted by atomic mass is 79.9. The second kappa shape index (κ2) is 7.59. The number of hydrazone groups is 1. The lowest BCUT2D eigenvalue weighted by atomic mass is 10.2. The maximum absolute atomic E-state index is 12.0. The first-order chi connectivity index (χ1) is 10.9. The minimum absolute atomic E-state index is 0.218. The summed E-state index contributed by atoms with van der Waals surface area (Å²) in [6.07, 6.45) is 1.70. The fourth-order valence-corrected chi connectivity index (χ4v) is 2.70. The smallest absolute Gasteiger partial charge is 0.271 e. The van der Waals surface area contributed by atoms with E-state index in [-0.39, 0.29) is 5.91 Å². The van der Waals surface area contributed by atoms with Crippen LogP contribution in [0.15, 0.2) is 39.9 Å². The zero-order valence-corrected chi connectivity index (χ0v) is 15.5. The van der Waals surface area contributed by atoms with Gasteiger partial charge in [0.05, 0.1) is 6.21 Å². The summed E-state index contributed by atoms with van der Waals surface area (Å²) < 4.78 is 3.22. The second-order valence-electron chi connectivity index (χ2n) is 6.04. The molecule has 23 heavy (non-hydrogen) atoms. The molecule has 1 amide bonds. The molecule has 0 saturated heterocycles. The molecule has 2 rings (SSSR count). The van der Waals surface area contributed by atoms with Gasteiger partial charge < -0.3 is 4.57 Å². The summed E-state index contributed by atoms with van der Waals surface area (Å²) in [4.78, 5) is 12.0. The molecule has 4 nitrogen and oxygen atoms in total. The Morgan fingerprint density at radius 3 is 2.57 bits per heavy atom. The summed E-state index contributed by atoms with van der Waals surface area (Å²) in [5.41, 5.74) is 6.55. The highest BCUT2D eigenvalue weighted by Gasteiger charge is 2.09. The molecule has 2 aromatic rings. The van der Waals surface area contributed by atoms with E-state index in [9.17, 15) is 4.79 Å². The molecule has 0 aliphatic carbocycles. The molecule has 0 aliphatic heterocycles. The highest BCUT2D eigenvalue weighted by Crippen LogP contribution is 2.15. The van der Waals surface area contributed by atoms with Crippen LogP contribution >= 0.6 is 15.9 Å². The summed E-state index contributed by atoms with van der Waals surface area (Å²) in [6, 6.07) is 9.26. The van der Waals surface area contributed by atoms with Crippen LogP contribution in [0.4, 0.5) is 0 Å². The molecule has 1 heterocycles. The molecule has 122 valence electrons. The summed E-state index contributed by atoms with van der Waals surface area (Å²) in [7, 11) is 0. The van der Waals surface area contributed by atoms with Crippen molar-refractivity contribution in [3.63, 3.8) is 0 Å². The molecule has 0 unspecified atom stereocenters. The third-order valence-corrected chi connectivity index (χ3v) is 4.17. The normalized spacial score (nSPS) is 11.4. The van der Waals surface area contributed by atoms with Crippen LogP contribution in [-0.4, -0.2) is 16.7 Å². The zero-order chi connectivity index (χ0) is 17.0. The number of benzene rings is 1. The Hall–Kier alpha value is -1.88. The number of nitrogens with one attached hydrogen (secondary N) is 1. The first kappa shape index (κ1) is 17.5. The van der Waals surface area contributed by atoms with Gasteiger partial charge in [0, 0.05) is 33.5 Å². The van der Waals surface area contributed by atoms with Crippen LogP contribution in [-0.2, 0) is 6.54 Å². The average molecular weight is 376 g/mol. The predicted octanol–water partition coefficient (Wildman–Crippen LogP) is 4.29. The van der Waals surface area contributed by atoms with Gasteiger partial charge in [-0.1, -0.05) is 29.8 Å². The van der Waals surface area contributed by atoms with E-state index >= 15 is 0 Å². The van der Waals surface area contributed by atoms with Crippen molar-refractivity contribution in [2.24, 2.45) is 11.0 Å². The molecule has 1 N–H and O–H groups in total. The molecule has 0 bridgehead atoms. The SMILES string of the molecule is Cc1cc(C=NNC(=O)c2ccc(Br)cc2)c(C)n1CC(C)C. The number of rotatable bonds is 5. The van der Waals surface area contributed by atoms with Crippen LogP contribution in [0.3, 0.4) is 0 Å². The molecule has 1 aromatic carbocycles. The third-order valence-electron chi connectivity index (χ3n) is 3.64. The van der Waals surface area contributed by atoms with Gasteiger partial charge in [-0.3, -0.25) is 4.79 Å². The number of hydrogen-bond acceptors (Lipinski definition) is 2. The van der Waals surface area contributed by atoms with Gasteiger partial charge in [0.25, 0.3) is 5.91 Å². The van der Waals surface area contributed by atoms with Crippen LogP contribution in [0, 0.1) is 19.8 Å². The summed E-state index contributed by atoms with van der Waals surface area (Å²) in [5, 5.41) is 4.09. The molecular formula is C18H22BrN3O. The van der Waals surface area contributed by atoms with Gasteiger partial charge in [0.15, 0.2) is 0 Å². The highest BCUT2D eigenvalue weighted by molar-refractivity contribution is 9.10. The Kier molecular flexibility index (Phi) is 5.77. The van der Waals surface area contributed by atoms with Gasteiger partial charge in [0.1, 0.15) is 0 Å². The molecule has 1 aromatic heterocycles. The van der Waals surface area contributed by atoms with Gasteiger partial charge in [-0.05, 0) is 50.1 Å². The van der Waals surface area contributed by atoms with E-state index in [1.807, 2.05) is 12.1 Å². The zero-order valence-electron chi connectivity index (χ0n) is 13.9. The van der Waals surface area contributed by atoms with Crippen LogP contribution in [0.5, 0.6) is 0 Å². The molecule has 5 heteroatoms. The van der Waals surface area contributed by atoms with Crippen molar-refractivity contribution in [1.29, 1.82) is 0 Å². The predicted molar refractivity (Wildman–Crippen MR) is 97.9 cm³/mol. The Bertz CT molecular complexity index is 715.